The second-order valence-corrected chi connectivity index (χ2v) is 7.63. The monoisotopic (exact) mass is 369 g/mol. The van der Waals surface area contributed by atoms with Crippen LogP contribution in [0.4, 0.5) is 5.82 Å². The molecular formula is C25H27N3. The van der Waals surface area contributed by atoms with Crippen LogP contribution in [0.3, 0.4) is 0 Å². The Morgan fingerprint density at radius 1 is 0.893 bits per heavy atom. The number of nitrogen functional groups attached to an aromatic ring is 1. The average molecular weight is 370 g/mol. The van der Waals surface area contributed by atoms with E-state index in [4.69, 9.17) is 5.73 Å². The summed E-state index contributed by atoms with van der Waals surface area (Å²) in [5, 5.41) is 2.28. The third kappa shape index (κ3) is 3.70. The van der Waals surface area contributed by atoms with Crippen molar-refractivity contribution in [1.82, 2.24) is 9.97 Å². The maximum Gasteiger partial charge on any atom is 0.150 e. The van der Waals surface area contributed by atoms with Crippen LogP contribution in [0.25, 0.3) is 21.8 Å². The van der Waals surface area contributed by atoms with Gasteiger partial charge >= 0.3 is 0 Å². The molecule has 0 atom stereocenters. The van der Waals surface area contributed by atoms with Crippen molar-refractivity contribution in [1.29, 1.82) is 0 Å². The zero-order valence-corrected chi connectivity index (χ0v) is 16.7. The molecule has 3 nitrogen and oxygen atoms in total. The Hall–Kier alpha value is -2.94. The van der Waals surface area contributed by atoms with Gasteiger partial charge in [0.25, 0.3) is 0 Å². The lowest BCUT2D eigenvalue weighted by molar-refractivity contribution is 0.794. The maximum atomic E-state index is 6.23. The smallest absolute Gasteiger partial charge is 0.150 e. The number of unbranched alkanes of at least 4 members (excludes halogenated alkanes) is 1. The van der Waals surface area contributed by atoms with Gasteiger partial charge in [-0.25, -0.2) is 4.98 Å². The highest BCUT2D eigenvalue weighted by Crippen LogP contribution is 2.30. The Balaban J connectivity index is 1.66. The molecule has 0 aliphatic carbocycles. The third-order valence-electron chi connectivity index (χ3n) is 5.47. The molecule has 0 spiro atoms. The minimum atomic E-state index is 0.509. The summed E-state index contributed by atoms with van der Waals surface area (Å²) in [7, 11) is 0. The fourth-order valence-corrected chi connectivity index (χ4v) is 3.87. The Labute approximate surface area is 166 Å². The minimum Gasteiger partial charge on any atom is -0.382 e. The number of nitrogens with zero attached hydrogens (tertiary/aromatic N) is 2. The second kappa shape index (κ2) is 7.97. The first-order chi connectivity index (χ1) is 13.7. The molecule has 4 rings (SSSR count). The van der Waals surface area contributed by atoms with Gasteiger partial charge in [-0.15, -0.1) is 0 Å². The number of aromatic nitrogens is 2. The Morgan fingerprint density at radius 3 is 2.39 bits per heavy atom. The molecule has 0 unspecified atom stereocenters. The highest BCUT2D eigenvalue weighted by molar-refractivity contribution is 6.09. The number of rotatable bonds is 6. The molecule has 0 bridgehead atoms. The highest BCUT2D eigenvalue weighted by Gasteiger charge is 2.11. The van der Waals surface area contributed by atoms with Crippen LogP contribution in [0.2, 0.25) is 0 Å². The number of nitrogens with two attached hydrogens (primary N) is 1. The SMILES string of the molecule is CCCCc1ccc(CCc2ccnc3c(N)nc4cc(C)ccc4c23)cc1. The lowest BCUT2D eigenvalue weighted by Crippen LogP contribution is -2.00. The van der Waals surface area contributed by atoms with Gasteiger partial charge in [0.2, 0.25) is 0 Å². The lowest BCUT2D eigenvalue weighted by Gasteiger charge is -2.11. The summed E-state index contributed by atoms with van der Waals surface area (Å²) in [5.74, 6) is 0.509. The van der Waals surface area contributed by atoms with E-state index in [-0.39, 0.29) is 0 Å². The fraction of sp³-hybridized carbons (Fsp3) is 0.280. The summed E-state index contributed by atoms with van der Waals surface area (Å²) in [6.45, 7) is 4.32. The van der Waals surface area contributed by atoms with Gasteiger partial charge in [-0.3, -0.25) is 4.98 Å². The van der Waals surface area contributed by atoms with Gasteiger partial charge in [0, 0.05) is 17.0 Å². The molecule has 3 heteroatoms. The number of benzene rings is 2. The molecule has 0 radical (unpaired) electrons. The van der Waals surface area contributed by atoms with E-state index >= 15 is 0 Å². The zero-order valence-electron chi connectivity index (χ0n) is 16.7. The number of hydrogen-bond donors (Lipinski definition) is 1. The van der Waals surface area contributed by atoms with Crippen molar-refractivity contribution >= 4 is 27.6 Å². The largest absolute Gasteiger partial charge is 0.382 e. The van der Waals surface area contributed by atoms with E-state index < -0.39 is 0 Å². The van der Waals surface area contributed by atoms with Crippen molar-refractivity contribution in [3.05, 3.63) is 77.0 Å². The van der Waals surface area contributed by atoms with Gasteiger partial charge < -0.3 is 5.73 Å². The Morgan fingerprint density at radius 2 is 1.64 bits per heavy atom. The van der Waals surface area contributed by atoms with Crippen LogP contribution >= 0.6 is 0 Å². The summed E-state index contributed by atoms with van der Waals surface area (Å²) < 4.78 is 0. The normalized spacial score (nSPS) is 11.4. The number of pyridine rings is 2. The van der Waals surface area contributed by atoms with Gasteiger partial charge in [0.1, 0.15) is 5.52 Å². The topological polar surface area (TPSA) is 51.8 Å². The lowest BCUT2D eigenvalue weighted by atomic mass is 9.97. The van der Waals surface area contributed by atoms with E-state index in [1.807, 2.05) is 6.20 Å². The van der Waals surface area contributed by atoms with Crippen molar-refractivity contribution in [2.45, 2.75) is 46.0 Å². The van der Waals surface area contributed by atoms with E-state index in [0.717, 1.165) is 34.6 Å². The minimum absolute atomic E-state index is 0.509. The van der Waals surface area contributed by atoms with E-state index in [2.05, 4.69) is 72.3 Å². The molecule has 2 heterocycles. The highest BCUT2D eigenvalue weighted by atomic mass is 14.9. The first kappa shape index (κ1) is 18.4. The van der Waals surface area contributed by atoms with Gasteiger partial charge in [-0.1, -0.05) is 49.7 Å². The van der Waals surface area contributed by atoms with Gasteiger partial charge in [-0.05, 0) is 67.0 Å². The molecule has 0 aliphatic rings. The second-order valence-electron chi connectivity index (χ2n) is 7.63. The van der Waals surface area contributed by atoms with Gasteiger partial charge in [0.15, 0.2) is 5.82 Å². The maximum absolute atomic E-state index is 6.23. The van der Waals surface area contributed by atoms with Crippen LogP contribution in [0.5, 0.6) is 0 Å². The van der Waals surface area contributed by atoms with Crippen LogP contribution in [-0.2, 0) is 19.3 Å². The van der Waals surface area contributed by atoms with Crippen molar-refractivity contribution in [3.63, 3.8) is 0 Å². The molecule has 2 aromatic heterocycles. The number of fused-ring (bicyclic) bond motifs is 3. The molecule has 2 N–H and O–H groups in total. The number of anilines is 1. The zero-order chi connectivity index (χ0) is 19.5. The van der Waals surface area contributed by atoms with E-state index in [1.165, 1.54) is 41.5 Å². The average Bonchev–Trinajstić information content (AvgIpc) is 2.71. The predicted molar refractivity (Wildman–Crippen MR) is 119 cm³/mol. The molecule has 0 saturated carbocycles. The van der Waals surface area contributed by atoms with Crippen molar-refractivity contribution in [2.75, 3.05) is 5.73 Å². The third-order valence-corrected chi connectivity index (χ3v) is 5.47. The summed E-state index contributed by atoms with van der Waals surface area (Å²) in [4.78, 5) is 9.10. The quantitative estimate of drug-likeness (QED) is 0.437. The van der Waals surface area contributed by atoms with Gasteiger partial charge in [-0.2, -0.15) is 0 Å². The standard InChI is InChI=1S/C25H27N3/c1-3-4-5-18-7-9-19(10-8-18)11-12-20-14-15-27-24-23(20)21-13-6-17(2)16-22(21)28-25(24)26/h6-10,13-16H,3-5,11-12H2,1-2H3,(H2,26,28). The summed E-state index contributed by atoms with van der Waals surface area (Å²) in [6.07, 6.45) is 7.47. The molecule has 142 valence electrons. The first-order valence-electron chi connectivity index (χ1n) is 10.2. The first-order valence-corrected chi connectivity index (χ1v) is 10.2. The van der Waals surface area contributed by atoms with Crippen molar-refractivity contribution < 1.29 is 0 Å². The van der Waals surface area contributed by atoms with Crippen molar-refractivity contribution in [2.24, 2.45) is 0 Å². The van der Waals surface area contributed by atoms with Crippen LogP contribution in [0.15, 0.2) is 54.7 Å². The van der Waals surface area contributed by atoms with Crippen LogP contribution in [-0.4, -0.2) is 9.97 Å². The van der Waals surface area contributed by atoms with Gasteiger partial charge in [0.05, 0.1) is 5.52 Å². The summed E-state index contributed by atoms with van der Waals surface area (Å²) >= 11 is 0. The molecule has 0 amide bonds. The molecule has 2 aromatic carbocycles. The Bertz CT molecular complexity index is 1110. The molecule has 0 saturated heterocycles. The van der Waals surface area contributed by atoms with E-state index in [0.29, 0.717) is 5.82 Å². The number of aryl methyl sites for hydroxylation is 4. The van der Waals surface area contributed by atoms with Crippen LogP contribution in [0, 0.1) is 6.92 Å². The number of hydrogen-bond acceptors (Lipinski definition) is 3. The summed E-state index contributed by atoms with van der Waals surface area (Å²) in [5.41, 5.74) is 13.3. The molecule has 28 heavy (non-hydrogen) atoms. The van der Waals surface area contributed by atoms with Crippen LogP contribution in [0.1, 0.15) is 42.0 Å². The predicted octanol–water partition coefficient (Wildman–Crippen LogP) is 5.80. The van der Waals surface area contributed by atoms with Crippen molar-refractivity contribution in [3.8, 4) is 0 Å². The molecular weight excluding hydrogens is 342 g/mol. The fourth-order valence-electron chi connectivity index (χ4n) is 3.87. The molecule has 0 fully saturated rings. The van der Waals surface area contributed by atoms with E-state index in [9.17, 15) is 0 Å². The van der Waals surface area contributed by atoms with Crippen LogP contribution < -0.4 is 5.73 Å². The molecule has 4 aromatic rings. The molecule has 0 aliphatic heterocycles. The van der Waals surface area contributed by atoms with E-state index in [1.54, 1.807) is 0 Å². The Kier molecular flexibility index (Phi) is 5.25. The summed E-state index contributed by atoms with van der Waals surface area (Å²) in [6, 6.07) is 17.6.